The van der Waals surface area contributed by atoms with Crippen molar-refractivity contribution >= 4 is 10.0 Å². The number of nitrogens with one attached hydrogen (secondary N) is 1. The number of hydrogen-bond acceptors (Lipinski definition) is 4. The van der Waals surface area contributed by atoms with Crippen LogP contribution in [0.5, 0.6) is 0 Å². The van der Waals surface area contributed by atoms with E-state index in [1.54, 1.807) is 11.6 Å². The third-order valence-electron chi connectivity index (χ3n) is 3.49. The normalized spacial score (nSPS) is 19.2. The van der Waals surface area contributed by atoms with Crippen molar-refractivity contribution in [3.8, 4) is 0 Å². The fourth-order valence-electron chi connectivity index (χ4n) is 2.48. The Labute approximate surface area is 108 Å². The lowest BCUT2D eigenvalue weighted by molar-refractivity contribution is 0.405. The molecular weight excluding hydrogens is 252 g/mol. The van der Waals surface area contributed by atoms with Crippen LogP contribution in [0.1, 0.15) is 25.7 Å². The Bertz CT molecular complexity index is 491. The molecule has 1 unspecified atom stereocenters. The molecule has 1 atom stereocenters. The largest absolute Gasteiger partial charge is 0.339 e. The van der Waals surface area contributed by atoms with Crippen molar-refractivity contribution in [1.29, 1.82) is 0 Å². The van der Waals surface area contributed by atoms with Gasteiger partial charge < -0.3 is 10.3 Å². The van der Waals surface area contributed by atoms with Crippen LogP contribution in [0.25, 0.3) is 0 Å². The molecule has 0 aliphatic heterocycles. The van der Waals surface area contributed by atoms with Crippen LogP contribution in [-0.2, 0) is 17.1 Å². The average molecular weight is 272 g/mol. The van der Waals surface area contributed by atoms with E-state index in [-0.39, 0.29) is 11.1 Å². The molecule has 1 heterocycles. The molecule has 1 aromatic rings. The molecule has 102 valence electrons. The molecule has 0 saturated heterocycles. The molecule has 1 saturated carbocycles. The Morgan fingerprint density at radius 1 is 1.56 bits per heavy atom. The van der Waals surface area contributed by atoms with E-state index in [2.05, 4.69) is 9.71 Å². The molecule has 7 heteroatoms. The number of sulfonamides is 1. The lowest BCUT2D eigenvalue weighted by Gasteiger charge is -2.22. The monoisotopic (exact) mass is 272 g/mol. The zero-order chi connectivity index (χ0) is 13.2. The summed E-state index contributed by atoms with van der Waals surface area (Å²) in [5.41, 5.74) is 5.69. The van der Waals surface area contributed by atoms with E-state index in [0.717, 1.165) is 25.7 Å². The first-order valence-corrected chi connectivity index (χ1v) is 7.71. The van der Waals surface area contributed by atoms with Crippen LogP contribution in [0.3, 0.4) is 0 Å². The second-order valence-corrected chi connectivity index (χ2v) is 6.55. The molecule has 2 rings (SSSR count). The molecule has 6 nitrogen and oxygen atoms in total. The first kappa shape index (κ1) is 13.5. The van der Waals surface area contributed by atoms with Crippen LogP contribution >= 0.6 is 0 Å². The van der Waals surface area contributed by atoms with Crippen molar-refractivity contribution in [3.63, 3.8) is 0 Å². The first-order valence-electron chi connectivity index (χ1n) is 6.23. The average Bonchev–Trinajstić information content (AvgIpc) is 2.96. The molecular formula is C11H20N4O2S. The molecule has 0 aromatic carbocycles. The number of nitrogens with zero attached hydrogens (tertiary/aromatic N) is 2. The highest BCUT2D eigenvalue weighted by atomic mass is 32.2. The molecule has 1 aliphatic rings. The van der Waals surface area contributed by atoms with E-state index in [4.69, 9.17) is 5.73 Å². The summed E-state index contributed by atoms with van der Waals surface area (Å²) in [4.78, 5) is 3.87. The maximum absolute atomic E-state index is 12.1. The van der Waals surface area contributed by atoms with Gasteiger partial charge in [0.15, 0.2) is 5.03 Å². The topological polar surface area (TPSA) is 90.0 Å². The van der Waals surface area contributed by atoms with Gasteiger partial charge in [-0.3, -0.25) is 0 Å². The highest BCUT2D eigenvalue weighted by molar-refractivity contribution is 7.89. The van der Waals surface area contributed by atoms with Gasteiger partial charge in [0.1, 0.15) is 0 Å². The third kappa shape index (κ3) is 2.90. The highest BCUT2D eigenvalue weighted by Crippen LogP contribution is 2.28. The van der Waals surface area contributed by atoms with Gasteiger partial charge in [0.25, 0.3) is 10.0 Å². The molecule has 18 heavy (non-hydrogen) atoms. The predicted octanol–water partition coefficient (Wildman–Crippen LogP) is 0.216. The number of imidazole rings is 1. The number of hydrogen-bond donors (Lipinski definition) is 2. The predicted molar refractivity (Wildman–Crippen MR) is 68.3 cm³/mol. The highest BCUT2D eigenvalue weighted by Gasteiger charge is 2.29. The van der Waals surface area contributed by atoms with Crippen LogP contribution in [0.2, 0.25) is 0 Å². The fraction of sp³-hybridized carbons (Fsp3) is 0.727. The van der Waals surface area contributed by atoms with Gasteiger partial charge in [-0.1, -0.05) is 12.8 Å². The lowest BCUT2D eigenvalue weighted by Crippen LogP contribution is -2.44. The molecule has 0 radical (unpaired) electrons. The zero-order valence-electron chi connectivity index (χ0n) is 10.5. The minimum absolute atomic E-state index is 0.0569. The summed E-state index contributed by atoms with van der Waals surface area (Å²) in [5, 5.41) is 0.0569. The summed E-state index contributed by atoms with van der Waals surface area (Å²) in [7, 11) is -1.81. The van der Waals surface area contributed by atoms with Gasteiger partial charge in [-0.15, -0.1) is 0 Å². The summed E-state index contributed by atoms with van der Waals surface area (Å²) in [6.07, 6.45) is 7.38. The van der Waals surface area contributed by atoms with Gasteiger partial charge in [0.2, 0.25) is 0 Å². The van der Waals surface area contributed by atoms with Gasteiger partial charge in [-0.25, -0.2) is 18.1 Å². The zero-order valence-corrected chi connectivity index (χ0v) is 11.4. The van der Waals surface area contributed by atoms with E-state index in [9.17, 15) is 8.42 Å². The maximum atomic E-state index is 12.1. The van der Waals surface area contributed by atoms with E-state index in [0.29, 0.717) is 12.5 Å². The summed E-state index contributed by atoms with van der Waals surface area (Å²) < 4.78 is 28.6. The van der Waals surface area contributed by atoms with Crippen molar-refractivity contribution < 1.29 is 8.42 Å². The number of rotatable bonds is 5. The summed E-state index contributed by atoms with van der Waals surface area (Å²) in [6, 6.07) is -0.181. The van der Waals surface area contributed by atoms with Crippen molar-refractivity contribution in [2.45, 2.75) is 36.8 Å². The van der Waals surface area contributed by atoms with E-state index < -0.39 is 10.0 Å². The van der Waals surface area contributed by atoms with Crippen molar-refractivity contribution in [2.24, 2.45) is 18.7 Å². The minimum atomic E-state index is -3.55. The van der Waals surface area contributed by atoms with Crippen LogP contribution in [0, 0.1) is 5.92 Å². The van der Waals surface area contributed by atoms with E-state index >= 15 is 0 Å². The van der Waals surface area contributed by atoms with Crippen LogP contribution in [-0.4, -0.2) is 30.6 Å². The summed E-state index contributed by atoms with van der Waals surface area (Å²) in [5.74, 6) is 0.355. The second-order valence-electron chi connectivity index (χ2n) is 4.89. The fourth-order valence-corrected chi connectivity index (χ4v) is 3.78. The Hall–Kier alpha value is -0.920. The Kier molecular flexibility index (Phi) is 4.04. The Morgan fingerprint density at radius 3 is 2.72 bits per heavy atom. The first-order chi connectivity index (χ1) is 8.53. The Balaban J connectivity index is 2.10. The van der Waals surface area contributed by atoms with Gasteiger partial charge in [-0.05, 0) is 18.8 Å². The van der Waals surface area contributed by atoms with Crippen LogP contribution in [0.15, 0.2) is 17.6 Å². The van der Waals surface area contributed by atoms with Crippen LogP contribution < -0.4 is 10.5 Å². The quantitative estimate of drug-likeness (QED) is 0.802. The van der Waals surface area contributed by atoms with Crippen molar-refractivity contribution in [3.05, 3.63) is 12.5 Å². The molecule has 1 aromatic heterocycles. The third-order valence-corrected chi connectivity index (χ3v) is 4.86. The van der Waals surface area contributed by atoms with Gasteiger partial charge in [-0.2, -0.15) is 0 Å². The number of nitrogens with two attached hydrogens (primary N) is 1. The van der Waals surface area contributed by atoms with Crippen LogP contribution in [0.4, 0.5) is 0 Å². The standard InChI is InChI=1S/C11H20N4O2S/c1-15-7-11(13-8-15)18(16,17)14-10(6-12)9-4-2-3-5-9/h7-10,14H,2-6,12H2,1H3. The number of aryl methyl sites for hydroxylation is 1. The SMILES string of the molecule is Cn1cnc(S(=O)(=O)NC(CN)C2CCCC2)c1. The molecule has 1 aliphatic carbocycles. The van der Waals surface area contributed by atoms with Crippen molar-refractivity contribution in [1.82, 2.24) is 14.3 Å². The second kappa shape index (κ2) is 5.38. The van der Waals surface area contributed by atoms with E-state index in [1.807, 2.05) is 0 Å². The lowest BCUT2D eigenvalue weighted by atomic mass is 9.99. The molecule has 1 fully saturated rings. The Morgan fingerprint density at radius 2 is 2.22 bits per heavy atom. The van der Waals surface area contributed by atoms with Gasteiger partial charge in [0.05, 0.1) is 6.33 Å². The summed E-state index contributed by atoms with van der Waals surface area (Å²) >= 11 is 0. The molecule has 0 spiro atoms. The summed E-state index contributed by atoms with van der Waals surface area (Å²) in [6.45, 7) is 0.330. The van der Waals surface area contributed by atoms with Gasteiger partial charge >= 0.3 is 0 Å². The molecule has 0 bridgehead atoms. The smallest absolute Gasteiger partial charge is 0.259 e. The number of aromatic nitrogens is 2. The molecule has 0 amide bonds. The van der Waals surface area contributed by atoms with E-state index in [1.165, 1.54) is 12.5 Å². The van der Waals surface area contributed by atoms with Crippen molar-refractivity contribution in [2.75, 3.05) is 6.54 Å². The maximum Gasteiger partial charge on any atom is 0.259 e. The minimum Gasteiger partial charge on any atom is -0.339 e. The van der Waals surface area contributed by atoms with Gasteiger partial charge in [0, 0.05) is 25.8 Å². The molecule has 3 N–H and O–H groups in total.